The third-order valence-electron chi connectivity index (χ3n) is 3.27. The molecule has 20 heavy (non-hydrogen) atoms. The number of ether oxygens (including phenoxy) is 4. The van der Waals surface area contributed by atoms with Gasteiger partial charge in [0, 0.05) is 7.11 Å². The van der Waals surface area contributed by atoms with Crippen LogP contribution in [0.3, 0.4) is 0 Å². The van der Waals surface area contributed by atoms with Gasteiger partial charge >= 0.3 is 5.97 Å². The summed E-state index contributed by atoms with van der Waals surface area (Å²) in [6.07, 6.45) is -0.788. The molecular formula is C15H20O5. The molecule has 5 heteroatoms. The van der Waals surface area contributed by atoms with Gasteiger partial charge in [0.2, 0.25) is 0 Å². The van der Waals surface area contributed by atoms with E-state index < -0.39 is 17.9 Å². The molecule has 0 radical (unpaired) electrons. The van der Waals surface area contributed by atoms with Gasteiger partial charge in [0.05, 0.1) is 13.7 Å². The predicted octanol–water partition coefficient (Wildman–Crippen LogP) is 2.37. The van der Waals surface area contributed by atoms with E-state index in [2.05, 4.69) is 0 Å². The molecular weight excluding hydrogens is 260 g/mol. The fourth-order valence-corrected chi connectivity index (χ4v) is 2.21. The van der Waals surface area contributed by atoms with Crippen LogP contribution in [0.5, 0.6) is 0 Å². The zero-order valence-electron chi connectivity index (χ0n) is 12.2. The van der Waals surface area contributed by atoms with Gasteiger partial charge in [0.25, 0.3) is 0 Å². The summed E-state index contributed by atoms with van der Waals surface area (Å²) < 4.78 is 21.2. The lowest BCUT2D eigenvalue weighted by molar-refractivity contribution is -0.152. The van der Waals surface area contributed by atoms with Crippen molar-refractivity contribution in [3.8, 4) is 0 Å². The number of esters is 1. The topological polar surface area (TPSA) is 54.0 Å². The lowest BCUT2D eigenvalue weighted by atomic mass is 10.0. The Morgan fingerprint density at radius 3 is 2.40 bits per heavy atom. The first-order chi connectivity index (χ1) is 9.46. The smallest absolute Gasteiger partial charge is 0.339 e. The van der Waals surface area contributed by atoms with Crippen molar-refractivity contribution in [2.75, 3.05) is 20.8 Å². The number of carbonyl (C=O) groups excluding carboxylic acids is 1. The fraction of sp³-hybridized carbons (Fsp3) is 0.533. The largest absolute Gasteiger partial charge is 0.467 e. The number of benzene rings is 1. The maximum absolute atomic E-state index is 11.6. The normalized spacial score (nSPS) is 22.5. The van der Waals surface area contributed by atoms with E-state index >= 15 is 0 Å². The average molecular weight is 280 g/mol. The molecule has 2 atom stereocenters. The average Bonchev–Trinajstić information content (AvgIpc) is 2.80. The Morgan fingerprint density at radius 1 is 1.30 bits per heavy atom. The van der Waals surface area contributed by atoms with Gasteiger partial charge in [-0.15, -0.1) is 0 Å². The van der Waals surface area contributed by atoms with Crippen molar-refractivity contribution in [3.05, 3.63) is 35.4 Å². The number of rotatable bonds is 4. The predicted molar refractivity (Wildman–Crippen MR) is 72.1 cm³/mol. The molecule has 1 saturated heterocycles. The van der Waals surface area contributed by atoms with Crippen molar-refractivity contribution in [2.24, 2.45) is 0 Å². The lowest BCUT2D eigenvalue weighted by Gasteiger charge is -2.18. The molecule has 0 spiro atoms. The molecule has 1 unspecified atom stereocenters. The Morgan fingerprint density at radius 2 is 1.95 bits per heavy atom. The Bertz CT molecular complexity index is 466. The second-order valence-corrected chi connectivity index (χ2v) is 5.12. The first-order valence-electron chi connectivity index (χ1n) is 6.49. The number of methoxy groups -OCH3 is 2. The van der Waals surface area contributed by atoms with Crippen LogP contribution in [0.25, 0.3) is 0 Å². The zero-order valence-corrected chi connectivity index (χ0v) is 12.2. The van der Waals surface area contributed by atoms with E-state index in [0.717, 1.165) is 11.1 Å². The summed E-state index contributed by atoms with van der Waals surface area (Å²) in [6.45, 7) is 4.30. The van der Waals surface area contributed by atoms with Crippen molar-refractivity contribution < 1.29 is 23.7 Å². The molecule has 0 aromatic heterocycles. The van der Waals surface area contributed by atoms with Crippen molar-refractivity contribution in [1.82, 2.24) is 0 Å². The molecule has 0 N–H and O–H groups in total. The second kappa shape index (κ2) is 5.91. The molecule has 0 bridgehead atoms. The maximum Gasteiger partial charge on any atom is 0.339 e. The van der Waals surface area contributed by atoms with Gasteiger partial charge in [-0.2, -0.15) is 0 Å². The van der Waals surface area contributed by atoms with Gasteiger partial charge in [0.15, 0.2) is 11.9 Å². The quantitative estimate of drug-likeness (QED) is 0.793. The first kappa shape index (κ1) is 15.0. The summed E-state index contributed by atoms with van der Waals surface area (Å²) >= 11 is 0. The lowest BCUT2D eigenvalue weighted by Crippen LogP contribution is -2.19. The van der Waals surface area contributed by atoms with Crippen LogP contribution < -0.4 is 0 Å². The number of carbonyl (C=O) groups is 1. The molecule has 0 aliphatic carbocycles. The SMILES string of the molecule is COC(=O)[C@H](OC)c1ccc(C2COC(C)(C)O2)cc1. The van der Waals surface area contributed by atoms with E-state index in [1.165, 1.54) is 14.2 Å². The Kier molecular flexibility index (Phi) is 4.42. The van der Waals surface area contributed by atoms with Gasteiger partial charge in [-0.25, -0.2) is 4.79 Å². The summed E-state index contributed by atoms with van der Waals surface area (Å²) in [6, 6.07) is 7.52. The van der Waals surface area contributed by atoms with E-state index in [1.54, 1.807) is 0 Å². The highest BCUT2D eigenvalue weighted by atomic mass is 16.7. The molecule has 1 aromatic carbocycles. The van der Waals surface area contributed by atoms with Crippen LogP contribution in [0.1, 0.15) is 37.2 Å². The van der Waals surface area contributed by atoms with Crippen LogP contribution in [0.4, 0.5) is 0 Å². The second-order valence-electron chi connectivity index (χ2n) is 5.12. The van der Waals surface area contributed by atoms with Crippen LogP contribution in [0.2, 0.25) is 0 Å². The standard InChI is InChI=1S/C15H20O5/c1-15(2)19-9-12(20-15)10-5-7-11(8-6-10)13(17-3)14(16)18-4/h5-8,12-13H,9H2,1-4H3/t12?,13-/m1/s1. The molecule has 110 valence electrons. The third kappa shape index (κ3) is 3.17. The van der Waals surface area contributed by atoms with Crippen molar-refractivity contribution >= 4 is 5.97 Å². The molecule has 0 saturated carbocycles. The Balaban J connectivity index is 2.12. The molecule has 1 heterocycles. The maximum atomic E-state index is 11.6. The summed E-state index contributed by atoms with van der Waals surface area (Å²) in [5, 5.41) is 0. The van der Waals surface area contributed by atoms with E-state index in [0.29, 0.717) is 6.61 Å². The highest BCUT2D eigenvalue weighted by Gasteiger charge is 2.33. The first-order valence-corrected chi connectivity index (χ1v) is 6.49. The molecule has 5 nitrogen and oxygen atoms in total. The van der Waals surface area contributed by atoms with Crippen LogP contribution >= 0.6 is 0 Å². The van der Waals surface area contributed by atoms with Gasteiger partial charge in [-0.05, 0) is 25.0 Å². The summed E-state index contributed by atoms with van der Waals surface area (Å²) in [4.78, 5) is 11.6. The minimum atomic E-state index is -0.703. The van der Waals surface area contributed by atoms with E-state index in [-0.39, 0.29) is 6.10 Å². The van der Waals surface area contributed by atoms with Gasteiger partial charge in [-0.3, -0.25) is 0 Å². The Hall–Kier alpha value is -1.43. The van der Waals surface area contributed by atoms with Crippen LogP contribution in [0, 0.1) is 0 Å². The molecule has 1 fully saturated rings. The van der Waals surface area contributed by atoms with Crippen LogP contribution in [-0.4, -0.2) is 32.6 Å². The van der Waals surface area contributed by atoms with Crippen molar-refractivity contribution in [2.45, 2.75) is 31.8 Å². The van der Waals surface area contributed by atoms with E-state index in [4.69, 9.17) is 18.9 Å². The van der Waals surface area contributed by atoms with E-state index in [9.17, 15) is 4.79 Å². The molecule has 1 aliphatic heterocycles. The number of hydrogen-bond donors (Lipinski definition) is 0. The van der Waals surface area contributed by atoms with Crippen LogP contribution in [0.15, 0.2) is 24.3 Å². The molecule has 0 amide bonds. The summed E-state index contributed by atoms with van der Waals surface area (Å²) in [7, 11) is 2.82. The zero-order chi connectivity index (χ0) is 14.8. The number of hydrogen-bond acceptors (Lipinski definition) is 5. The highest BCUT2D eigenvalue weighted by molar-refractivity contribution is 5.76. The minimum Gasteiger partial charge on any atom is -0.467 e. The molecule has 1 aromatic rings. The molecule has 1 aliphatic rings. The van der Waals surface area contributed by atoms with Gasteiger partial charge in [-0.1, -0.05) is 24.3 Å². The van der Waals surface area contributed by atoms with Crippen molar-refractivity contribution in [3.63, 3.8) is 0 Å². The fourth-order valence-electron chi connectivity index (χ4n) is 2.21. The summed E-state index contributed by atoms with van der Waals surface area (Å²) in [5.74, 6) is -0.966. The van der Waals surface area contributed by atoms with Crippen LogP contribution in [-0.2, 0) is 23.7 Å². The summed E-state index contributed by atoms with van der Waals surface area (Å²) in [5.41, 5.74) is 1.76. The van der Waals surface area contributed by atoms with Gasteiger partial charge < -0.3 is 18.9 Å². The third-order valence-corrected chi connectivity index (χ3v) is 3.27. The van der Waals surface area contributed by atoms with Gasteiger partial charge in [0.1, 0.15) is 6.10 Å². The minimum absolute atomic E-state index is 0.0850. The Labute approximate surface area is 118 Å². The highest BCUT2D eigenvalue weighted by Crippen LogP contribution is 2.33. The monoisotopic (exact) mass is 280 g/mol. The molecule has 2 rings (SSSR count). The van der Waals surface area contributed by atoms with E-state index in [1.807, 2.05) is 38.1 Å². The van der Waals surface area contributed by atoms with Crippen molar-refractivity contribution in [1.29, 1.82) is 0 Å².